The number of ether oxygens (including phenoxy) is 1. The van der Waals surface area contributed by atoms with Crippen LogP contribution in [0.5, 0.6) is 0 Å². The largest absolute Gasteiger partial charge is 1.00 e. The van der Waals surface area contributed by atoms with Gasteiger partial charge in [-0.15, -0.1) is 6.20 Å². The van der Waals surface area contributed by atoms with Crippen LogP contribution in [0, 0.1) is 6.20 Å². The summed E-state index contributed by atoms with van der Waals surface area (Å²) in [5, 5.41) is 2.99. The van der Waals surface area contributed by atoms with E-state index in [1.54, 1.807) is 12.4 Å². The van der Waals surface area contributed by atoms with E-state index >= 15 is 0 Å². The quantitative estimate of drug-likeness (QED) is 0.317. The standard InChI is InChI=1S/C15H23N4O2.Na.H2S/c1-14(2,3)21-13(20)18-15(4)5-9-19(10-6-15)12-11-16-7-8-17-12;;/h8,11H,5-6,9-10H2,1-4H3,(H,18,20);;1H2/q-1;+1;/p-1. The van der Waals surface area contributed by atoms with Gasteiger partial charge in [-0.1, -0.05) is 6.20 Å². The molecule has 0 bridgehead atoms. The molecule has 8 heteroatoms. The second-order valence-electron chi connectivity index (χ2n) is 6.68. The number of carbonyl (C=O) groups excluding carboxylic acids is 1. The first-order chi connectivity index (χ1) is 9.77. The fourth-order valence-electron chi connectivity index (χ4n) is 2.32. The Bertz CT molecular complexity index is 488. The Morgan fingerprint density at radius 2 is 2.00 bits per heavy atom. The molecule has 6 nitrogen and oxygen atoms in total. The molecule has 0 spiro atoms. The summed E-state index contributed by atoms with van der Waals surface area (Å²) in [6, 6.07) is 0. The van der Waals surface area contributed by atoms with Gasteiger partial charge in [0.1, 0.15) is 5.60 Å². The maximum absolute atomic E-state index is 11.9. The van der Waals surface area contributed by atoms with E-state index in [-0.39, 0.29) is 54.7 Å². The van der Waals surface area contributed by atoms with Crippen molar-refractivity contribution in [3.05, 3.63) is 18.6 Å². The normalized spacial score (nSPS) is 16.6. The Morgan fingerprint density at radius 3 is 2.48 bits per heavy atom. The fraction of sp³-hybridized carbons (Fsp3) is 0.667. The number of hydrogen-bond acceptors (Lipinski definition) is 6. The third kappa shape index (κ3) is 7.28. The zero-order valence-electron chi connectivity index (χ0n) is 14.6. The number of piperidine rings is 1. The molecule has 0 saturated carbocycles. The van der Waals surface area contributed by atoms with E-state index in [1.165, 1.54) is 0 Å². The number of nitrogens with one attached hydrogen (secondary N) is 1. The molecule has 1 aliphatic rings. The van der Waals surface area contributed by atoms with Gasteiger partial charge in [0.2, 0.25) is 0 Å². The first-order valence-electron chi connectivity index (χ1n) is 7.22. The summed E-state index contributed by atoms with van der Waals surface area (Å²) < 4.78 is 5.33. The second kappa shape index (κ2) is 9.11. The summed E-state index contributed by atoms with van der Waals surface area (Å²) >= 11 is 0. The van der Waals surface area contributed by atoms with Gasteiger partial charge in [-0.2, -0.15) is 0 Å². The topological polar surface area (TPSA) is 67.3 Å². The molecule has 2 rings (SSSR count). The van der Waals surface area contributed by atoms with Crippen LogP contribution in [-0.4, -0.2) is 40.3 Å². The van der Waals surface area contributed by atoms with Crippen molar-refractivity contribution in [2.45, 2.75) is 51.7 Å². The summed E-state index contributed by atoms with van der Waals surface area (Å²) in [7, 11) is 0. The van der Waals surface area contributed by atoms with Crippen LogP contribution < -0.4 is 39.8 Å². The van der Waals surface area contributed by atoms with Gasteiger partial charge in [0.15, 0.2) is 0 Å². The molecule has 0 unspecified atom stereocenters. The summed E-state index contributed by atoms with van der Waals surface area (Å²) in [4.78, 5) is 22.3. The van der Waals surface area contributed by atoms with Gasteiger partial charge >= 0.3 is 35.7 Å². The summed E-state index contributed by atoms with van der Waals surface area (Å²) in [6.45, 7) is 9.29. The van der Waals surface area contributed by atoms with Crippen molar-refractivity contribution in [1.29, 1.82) is 0 Å². The Labute approximate surface area is 167 Å². The van der Waals surface area contributed by atoms with E-state index in [4.69, 9.17) is 4.74 Å². The molecular weight excluding hydrogens is 323 g/mol. The third-order valence-corrected chi connectivity index (χ3v) is 3.50. The zero-order valence-corrected chi connectivity index (χ0v) is 17.5. The van der Waals surface area contributed by atoms with Gasteiger partial charge in [0.05, 0.1) is 5.82 Å². The van der Waals surface area contributed by atoms with Crippen LogP contribution in [0.15, 0.2) is 12.4 Å². The maximum Gasteiger partial charge on any atom is 1.00 e. The molecule has 1 aliphatic heterocycles. The van der Waals surface area contributed by atoms with Gasteiger partial charge in [-0.3, -0.25) is 4.98 Å². The number of carbonyl (C=O) groups is 1. The van der Waals surface area contributed by atoms with Crippen molar-refractivity contribution < 1.29 is 39.1 Å². The molecule has 0 aliphatic carbocycles. The first-order valence-corrected chi connectivity index (χ1v) is 7.22. The van der Waals surface area contributed by atoms with Crippen molar-refractivity contribution >= 4 is 25.4 Å². The van der Waals surface area contributed by atoms with Crippen molar-refractivity contribution in [3.8, 4) is 0 Å². The summed E-state index contributed by atoms with van der Waals surface area (Å²) in [5.41, 5.74) is -0.718. The van der Waals surface area contributed by atoms with Crippen molar-refractivity contribution in [2.24, 2.45) is 0 Å². The second-order valence-corrected chi connectivity index (χ2v) is 6.68. The van der Waals surface area contributed by atoms with E-state index in [2.05, 4.69) is 33.3 Å². The number of rotatable bonds is 2. The number of thiol groups is 1. The van der Waals surface area contributed by atoms with E-state index in [0.717, 1.165) is 31.7 Å². The van der Waals surface area contributed by atoms with E-state index < -0.39 is 5.60 Å². The molecule has 1 amide bonds. The Morgan fingerprint density at radius 1 is 1.39 bits per heavy atom. The number of anilines is 1. The number of nitrogens with zero attached hydrogens (tertiary/aromatic N) is 3. The Kier molecular flexibility index (Phi) is 8.91. The number of aromatic nitrogens is 2. The van der Waals surface area contributed by atoms with Crippen LogP contribution >= 0.6 is 0 Å². The third-order valence-electron chi connectivity index (χ3n) is 3.50. The molecule has 1 N–H and O–H groups in total. The minimum absolute atomic E-state index is 0. The van der Waals surface area contributed by atoms with E-state index in [9.17, 15) is 4.79 Å². The predicted octanol–water partition coefficient (Wildman–Crippen LogP) is -1.11. The van der Waals surface area contributed by atoms with Gasteiger partial charge in [0.25, 0.3) is 0 Å². The molecule has 1 aromatic rings. The molecule has 1 saturated heterocycles. The molecule has 2 heterocycles. The molecule has 23 heavy (non-hydrogen) atoms. The molecule has 0 radical (unpaired) electrons. The average molecular weight is 347 g/mol. The van der Waals surface area contributed by atoms with E-state index in [1.807, 2.05) is 20.8 Å². The number of hydrogen-bond donors (Lipinski definition) is 1. The van der Waals surface area contributed by atoms with Gasteiger partial charge in [-0.05, 0) is 46.7 Å². The van der Waals surface area contributed by atoms with Crippen molar-refractivity contribution in [2.75, 3.05) is 18.0 Å². The van der Waals surface area contributed by atoms with Gasteiger partial charge in [0, 0.05) is 18.6 Å². The molecular formula is C15H24N4NaO2S-. The Hall–Kier alpha value is -0.500. The predicted molar refractivity (Wildman–Crippen MR) is 88.8 cm³/mol. The summed E-state index contributed by atoms with van der Waals surface area (Å²) in [5.74, 6) is 0.855. The van der Waals surface area contributed by atoms with Crippen LogP contribution in [0.4, 0.5) is 10.6 Å². The van der Waals surface area contributed by atoms with Crippen LogP contribution in [0.3, 0.4) is 0 Å². The Balaban J connectivity index is 0.00000242. The zero-order chi connectivity index (χ0) is 15.5. The minimum atomic E-state index is -0.475. The number of amides is 1. The fourth-order valence-corrected chi connectivity index (χ4v) is 2.32. The molecule has 1 aromatic heterocycles. The average Bonchev–Trinajstić information content (AvgIpc) is 2.37. The maximum atomic E-state index is 11.9. The molecule has 124 valence electrons. The van der Waals surface area contributed by atoms with Crippen molar-refractivity contribution in [1.82, 2.24) is 15.3 Å². The van der Waals surface area contributed by atoms with Crippen LogP contribution in [0.2, 0.25) is 0 Å². The van der Waals surface area contributed by atoms with Crippen LogP contribution in [-0.2, 0) is 18.2 Å². The van der Waals surface area contributed by atoms with Gasteiger partial charge in [-0.25, -0.2) is 4.79 Å². The summed E-state index contributed by atoms with van der Waals surface area (Å²) in [6.07, 6.45) is 7.28. The molecule has 0 aromatic carbocycles. The first kappa shape index (κ1) is 22.5. The van der Waals surface area contributed by atoms with Crippen LogP contribution in [0.25, 0.3) is 0 Å². The molecule has 0 atom stereocenters. The monoisotopic (exact) mass is 347 g/mol. The smallest absolute Gasteiger partial charge is 0.813 e. The molecule has 1 fully saturated rings. The minimum Gasteiger partial charge on any atom is -0.813 e. The van der Waals surface area contributed by atoms with Gasteiger partial charge < -0.3 is 33.4 Å². The SMILES string of the molecule is CC1(NC(=O)OC(C)(C)C)CCN(c2cn[c-]cn2)CC1.[Na+].[SH-]. The van der Waals surface area contributed by atoms with Crippen LogP contribution in [0.1, 0.15) is 40.5 Å². The van der Waals surface area contributed by atoms with E-state index in [0.29, 0.717) is 0 Å². The number of alkyl carbamates (subject to hydrolysis) is 1. The van der Waals surface area contributed by atoms with Crippen molar-refractivity contribution in [3.63, 3.8) is 0 Å².